The minimum absolute atomic E-state index is 0.172. The van der Waals surface area contributed by atoms with E-state index in [-0.39, 0.29) is 17.2 Å². The highest BCUT2D eigenvalue weighted by Crippen LogP contribution is 2.70. The molecule has 1 heterocycles. The van der Waals surface area contributed by atoms with Gasteiger partial charge in [-0.3, -0.25) is 4.79 Å². The SMILES string of the molecule is C=C[C@]1(OC(C)=O)CC[C@@]2(C)[C@@H](CC[C@@H]3[C@H]2CC[C@@]2(C)[C@H]3CCC23OCCO3)C1. The summed E-state index contributed by atoms with van der Waals surface area (Å²) in [5.74, 6) is 2.41. The molecule has 5 fully saturated rings. The largest absolute Gasteiger partial charge is 0.455 e. The number of hydrogen-bond acceptors (Lipinski definition) is 4. The zero-order chi connectivity index (χ0) is 20.5. The van der Waals surface area contributed by atoms with Crippen LogP contribution in [0.25, 0.3) is 0 Å². The van der Waals surface area contributed by atoms with Gasteiger partial charge in [0.2, 0.25) is 0 Å². The Labute approximate surface area is 175 Å². The maximum absolute atomic E-state index is 11.7. The van der Waals surface area contributed by atoms with E-state index in [9.17, 15) is 4.79 Å². The highest BCUT2D eigenvalue weighted by Gasteiger charge is 2.67. The summed E-state index contributed by atoms with van der Waals surface area (Å²) in [6.45, 7) is 12.1. The molecule has 29 heavy (non-hydrogen) atoms. The van der Waals surface area contributed by atoms with Crippen molar-refractivity contribution in [2.45, 2.75) is 89.9 Å². The van der Waals surface area contributed by atoms with Gasteiger partial charge in [0.25, 0.3) is 0 Å². The quantitative estimate of drug-likeness (QED) is 0.467. The van der Waals surface area contributed by atoms with Gasteiger partial charge in [-0.2, -0.15) is 0 Å². The Morgan fingerprint density at radius 1 is 1.00 bits per heavy atom. The first-order valence-electron chi connectivity index (χ1n) is 11.9. The number of esters is 1. The van der Waals surface area contributed by atoms with Gasteiger partial charge in [-0.05, 0) is 86.5 Å². The second-order valence-corrected chi connectivity index (χ2v) is 11.2. The first-order valence-corrected chi connectivity index (χ1v) is 11.9. The number of hydrogen-bond donors (Lipinski definition) is 0. The molecule has 4 heteroatoms. The Hall–Kier alpha value is -0.870. The van der Waals surface area contributed by atoms with Crippen molar-refractivity contribution in [1.29, 1.82) is 0 Å². The molecular weight excluding hydrogens is 364 g/mol. The first-order chi connectivity index (χ1) is 13.8. The summed E-state index contributed by atoms with van der Waals surface area (Å²) < 4.78 is 18.4. The van der Waals surface area contributed by atoms with Gasteiger partial charge in [-0.1, -0.05) is 20.4 Å². The molecule has 4 nitrogen and oxygen atoms in total. The van der Waals surface area contributed by atoms with E-state index in [4.69, 9.17) is 14.2 Å². The molecule has 1 saturated heterocycles. The minimum atomic E-state index is -0.449. The van der Waals surface area contributed by atoms with Crippen molar-refractivity contribution in [3.8, 4) is 0 Å². The molecule has 162 valence electrons. The predicted octanol–water partition coefficient (Wildman–Crippen LogP) is 5.26. The van der Waals surface area contributed by atoms with Crippen LogP contribution in [0.4, 0.5) is 0 Å². The maximum atomic E-state index is 11.7. The molecule has 0 N–H and O–H groups in total. The lowest BCUT2D eigenvalue weighted by Crippen LogP contribution is -2.58. The monoisotopic (exact) mass is 402 g/mol. The predicted molar refractivity (Wildman–Crippen MR) is 111 cm³/mol. The summed E-state index contributed by atoms with van der Waals surface area (Å²) >= 11 is 0. The summed E-state index contributed by atoms with van der Waals surface area (Å²) in [4.78, 5) is 11.7. The van der Waals surface area contributed by atoms with Gasteiger partial charge in [0.15, 0.2) is 5.79 Å². The average molecular weight is 403 g/mol. The third kappa shape index (κ3) is 2.67. The van der Waals surface area contributed by atoms with Crippen molar-refractivity contribution in [3.63, 3.8) is 0 Å². The summed E-state index contributed by atoms with van der Waals surface area (Å²) in [6, 6.07) is 0. The van der Waals surface area contributed by atoms with Gasteiger partial charge < -0.3 is 14.2 Å². The average Bonchev–Trinajstić information content (AvgIpc) is 3.28. The molecule has 4 aliphatic carbocycles. The Balaban J connectivity index is 1.39. The summed E-state index contributed by atoms with van der Waals surface area (Å²) in [7, 11) is 0. The van der Waals surface area contributed by atoms with Crippen molar-refractivity contribution in [2.24, 2.45) is 34.5 Å². The van der Waals surface area contributed by atoms with E-state index in [1.54, 1.807) is 0 Å². The molecular formula is C25H38O4. The lowest BCUT2D eigenvalue weighted by Gasteiger charge is -2.62. The summed E-state index contributed by atoms with van der Waals surface area (Å²) in [5, 5.41) is 0. The van der Waals surface area contributed by atoms with Gasteiger partial charge in [-0.15, -0.1) is 0 Å². The molecule has 0 unspecified atom stereocenters. The van der Waals surface area contributed by atoms with Crippen molar-refractivity contribution in [1.82, 2.24) is 0 Å². The fraction of sp³-hybridized carbons (Fsp3) is 0.880. The molecule has 0 radical (unpaired) electrons. The van der Waals surface area contributed by atoms with Crippen LogP contribution >= 0.6 is 0 Å². The third-order valence-electron chi connectivity index (χ3n) is 10.3. The van der Waals surface area contributed by atoms with Crippen LogP contribution in [-0.4, -0.2) is 30.6 Å². The molecule has 5 aliphatic rings. The highest BCUT2D eigenvalue weighted by molar-refractivity contribution is 5.66. The molecule has 0 aromatic rings. The van der Waals surface area contributed by atoms with Crippen LogP contribution in [0.2, 0.25) is 0 Å². The van der Waals surface area contributed by atoms with E-state index in [1.165, 1.54) is 39.0 Å². The molecule has 0 aromatic carbocycles. The lowest BCUT2D eigenvalue weighted by atomic mass is 9.44. The smallest absolute Gasteiger partial charge is 0.303 e. The van der Waals surface area contributed by atoms with Crippen molar-refractivity contribution in [3.05, 3.63) is 12.7 Å². The third-order valence-corrected chi connectivity index (χ3v) is 10.3. The van der Waals surface area contributed by atoms with Gasteiger partial charge in [0, 0.05) is 18.8 Å². The summed E-state index contributed by atoms with van der Waals surface area (Å²) in [5.41, 5.74) is 0.0736. The molecule has 0 amide bonds. The Kier molecular flexibility index (Phi) is 4.54. The number of fused-ring (bicyclic) bond motifs is 6. The van der Waals surface area contributed by atoms with Crippen LogP contribution in [0.1, 0.15) is 78.6 Å². The van der Waals surface area contributed by atoms with Crippen LogP contribution < -0.4 is 0 Å². The number of carbonyl (C=O) groups is 1. The molecule has 7 atom stereocenters. The fourth-order valence-corrected chi connectivity index (χ4v) is 8.75. The second-order valence-electron chi connectivity index (χ2n) is 11.2. The molecule has 0 aromatic heterocycles. The Morgan fingerprint density at radius 3 is 2.41 bits per heavy atom. The fourth-order valence-electron chi connectivity index (χ4n) is 8.75. The van der Waals surface area contributed by atoms with Crippen molar-refractivity contribution < 1.29 is 19.0 Å². The lowest BCUT2D eigenvalue weighted by molar-refractivity contribution is -0.248. The van der Waals surface area contributed by atoms with Crippen molar-refractivity contribution in [2.75, 3.05) is 13.2 Å². The highest BCUT2D eigenvalue weighted by atomic mass is 16.7. The number of carbonyl (C=O) groups excluding carboxylic acids is 1. The van der Waals surface area contributed by atoms with Gasteiger partial charge in [0.05, 0.1) is 13.2 Å². The second kappa shape index (κ2) is 6.56. The van der Waals surface area contributed by atoms with E-state index >= 15 is 0 Å². The van der Waals surface area contributed by atoms with E-state index in [0.29, 0.717) is 11.3 Å². The van der Waals surface area contributed by atoms with Gasteiger partial charge in [-0.25, -0.2) is 0 Å². The molecule has 5 rings (SSSR count). The molecule has 1 spiro atoms. The van der Waals surface area contributed by atoms with Gasteiger partial charge >= 0.3 is 5.97 Å². The molecule has 1 aliphatic heterocycles. The summed E-state index contributed by atoms with van der Waals surface area (Å²) in [6.07, 6.45) is 12.3. The van der Waals surface area contributed by atoms with Crippen LogP contribution in [0.15, 0.2) is 12.7 Å². The Morgan fingerprint density at radius 2 is 1.72 bits per heavy atom. The van der Waals surface area contributed by atoms with Crippen LogP contribution in [0.5, 0.6) is 0 Å². The van der Waals surface area contributed by atoms with E-state index < -0.39 is 5.60 Å². The van der Waals surface area contributed by atoms with E-state index in [1.807, 2.05) is 6.08 Å². The van der Waals surface area contributed by atoms with Crippen LogP contribution in [0, 0.1) is 34.5 Å². The van der Waals surface area contributed by atoms with E-state index in [2.05, 4.69) is 20.4 Å². The number of rotatable bonds is 2. The zero-order valence-corrected chi connectivity index (χ0v) is 18.5. The first kappa shape index (κ1) is 20.1. The topological polar surface area (TPSA) is 44.8 Å². The maximum Gasteiger partial charge on any atom is 0.303 e. The standard InChI is InChI=1S/C25H38O4/c1-5-24(29-17(2)26)13-12-22(3)18(16-24)6-7-19-20(22)8-10-23(4)21(19)9-11-25(23)27-14-15-28-25/h5,18-21H,1,6-16H2,2-4H3/t18-,19+,20+,21-,22-,23-,24-/m0/s1. The normalized spacial score (nSPS) is 50.4. The van der Waals surface area contributed by atoms with Crippen LogP contribution in [0.3, 0.4) is 0 Å². The van der Waals surface area contributed by atoms with Gasteiger partial charge in [0.1, 0.15) is 5.60 Å². The van der Waals surface area contributed by atoms with E-state index in [0.717, 1.165) is 56.7 Å². The Bertz CT molecular complexity index is 697. The minimum Gasteiger partial charge on any atom is -0.455 e. The molecule has 4 saturated carbocycles. The zero-order valence-electron chi connectivity index (χ0n) is 18.5. The van der Waals surface area contributed by atoms with Crippen molar-refractivity contribution >= 4 is 5.97 Å². The number of ether oxygens (including phenoxy) is 3. The molecule has 0 bridgehead atoms. The van der Waals surface area contributed by atoms with Crippen LogP contribution in [-0.2, 0) is 19.0 Å².